The van der Waals surface area contributed by atoms with Crippen LogP contribution in [0.15, 0.2) is 0 Å². The first kappa shape index (κ1) is 37.1. The molecule has 0 aromatic heterocycles. The van der Waals surface area contributed by atoms with Crippen LogP contribution in [0.5, 0.6) is 0 Å². The van der Waals surface area contributed by atoms with Crippen LogP contribution in [0.25, 0.3) is 0 Å². The predicted molar refractivity (Wildman–Crippen MR) is 1.37 cm³/mol. The van der Waals surface area contributed by atoms with E-state index >= 15 is 0 Å². The van der Waals surface area contributed by atoms with Crippen molar-refractivity contribution < 1.29 is 73.2 Å². The SMILES string of the molecule is [Na+].[O-2].[O-2].[Y+3]. The molecule has 0 rings (SSSR count). The maximum absolute atomic E-state index is 0. The van der Waals surface area contributed by atoms with E-state index in [1.807, 2.05) is 0 Å². The minimum atomic E-state index is 0. The molecule has 2 nitrogen and oxygen atoms in total. The molecule has 0 heterocycles. The van der Waals surface area contributed by atoms with E-state index in [1.54, 1.807) is 0 Å². The molecule has 0 aliphatic rings. The Morgan fingerprint density at radius 3 is 0.750 bits per heavy atom. The number of rotatable bonds is 0. The maximum Gasteiger partial charge on any atom is 3.00 e. The van der Waals surface area contributed by atoms with E-state index < -0.39 is 0 Å². The van der Waals surface area contributed by atoms with Gasteiger partial charge in [-0.3, -0.25) is 0 Å². The molecule has 0 saturated carbocycles. The molecule has 4 heteroatoms. The average molecular weight is 144 g/mol. The zero-order valence-electron chi connectivity index (χ0n) is 2.39. The molecule has 0 aromatic carbocycles. The molecule has 0 fully saturated rings. The van der Waals surface area contributed by atoms with E-state index in [0.717, 1.165) is 0 Å². The Balaban J connectivity index is 0. The Kier molecular flexibility index (Phi) is 184. The molecular weight excluding hydrogens is 144 g/mol. The van der Waals surface area contributed by atoms with Crippen molar-refractivity contribution in [3.63, 3.8) is 0 Å². The van der Waals surface area contributed by atoms with Crippen LogP contribution < -0.4 is 29.6 Å². The van der Waals surface area contributed by atoms with Crippen molar-refractivity contribution in [3.8, 4) is 0 Å². The maximum atomic E-state index is 0. The first-order valence-corrected chi connectivity index (χ1v) is 0. The zero-order chi connectivity index (χ0) is 0. The van der Waals surface area contributed by atoms with Crippen molar-refractivity contribution in [1.29, 1.82) is 0 Å². The first-order valence-electron chi connectivity index (χ1n) is 0. The summed E-state index contributed by atoms with van der Waals surface area (Å²) in [7, 11) is 0. The van der Waals surface area contributed by atoms with E-state index in [4.69, 9.17) is 0 Å². The zero-order valence-corrected chi connectivity index (χ0v) is 7.23. The summed E-state index contributed by atoms with van der Waals surface area (Å²) in [6.07, 6.45) is 0. The van der Waals surface area contributed by atoms with Gasteiger partial charge in [0.1, 0.15) is 0 Å². The van der Waals surface area contributed by atoms with Gasteiger partial charge in [0.05, 0.1) is 0 Å². The molecule has 0 aliphatic heterocycles. The standard InChI is InChI=1S/Na.2O.Y/q+1;2*-2;+3. The molecule has 0 radical (unpaired) electrons. The van der Waals surface area contributed by atoms with E-state index in [9.17, 15) is 0 Å². The third kappa shape index (κ3) is 8.98. The second-order valence-electron chi connectivity index (χ2n) is 0. The quantitative estimate of drug-likeness (QED) is 0.321. The van der Waals surface area contributed by atoms with Crippen LogP contribution >= 0.6 is 0 Å². The Hall–Kier alpha value is 2.02. The summed E-state index contributed by atoms with van der Waals surface area (Å²) in [6, 6.07) is 0. The number of hydrogen-bond acceptors (Lipinski definition) is 0. The smallest absolute Gasteiger partial charge is 2.00 e. The molecule has 16 valence electrons. The van der Waals surface area contributed by atoms with Gasteiger partial charge in [-0.25, -0.2) is 0 Å². The third-order valence-corrected chi connectivity index (χ3v) is 0. The summed E-state index contributed by atoms with van der Waals surface area (Å²) in [5, 5.41) is 0. The minimum absolute atomic E-state index is 0. The van der Waals surface area contributed by atoms with Crippen molar-refractivity contribution in [1.82, 2.24) is 0 Å². The summed E-state index contributed by atoms with van der Waals surface area (Å²) in [4.78, 5) is 0. The summed E-state index contributed by atoms with van der Waals surface area (Å²) in [5.41, 5.74) is 0. The molecule has 0 aromatic rings. The Labute approximate surface area is 72.1 Å². The fourth-order valence-corrected chi connectivity index (χ4v) is 0. The van der Waals surface area contributed by atoms with Crippen LogP contribution in [0.4, 0.5) is 0 Å². The van der Waals surface area contributed by atoms with Crippen molar-refractivity contribution >= 4 is 0 Å². The fourth-order valence-electron chi connectivity index (χ4n) is 0. The van der Waals surface area contributed by atoms with Gasteiger partial charge in [-0.15, -0.1) is 0 Å². The summed E-state index contributed by atoms with van der Waals surface area (Å²) in [5.74, 6) is 0. The second kappa shape index (κ2) is 19.9. The Morgan fingerprint density at radius 1 is 0.750 bits per heavy atom. The normalized spacial score (nSPS) is 0. The summed E-state index contributed by atoms with van der Waals surface area (Å²) in [6.45, 7) is 0. The van der Waals surface area contributed by atoms with Gasteiger partial charge in [0.2, 0.25) is 0 Å². The van der Waals surface area contributed by atoms with Gasteiger partial charge in [0.25, 0.3) is 0 Å². The molecule has 0 aliphatic carbocycles. The van der Waals surface area contributed by atoms with Gasteiger partial charge in [0.15, 0.2) is 0 Å². The Bertz CT molecular complexity index is 6.00. The van der Waals surface area contributed by atoms with E-state index in [1.165, 1.54) is 0 Å². The molecule has 0 atom stereocenters. The largest absolute Gasteiger partial charge is 3.00 e. The molecule has 0 N–H and O–H groups in total. The van der Waals surface area contributed by atoms with Gasteiger partial charge in [-0.2, -0.15) is 0 Å². The molecule has 0 spiro atoms. The molecule has 0 unspecified atom stereocenters. The van der Waals surface area contributed by atoms with Crippen LogP contribution in [0.2, 0.25) is 0 Å². The van der Waals surface area contributed by atoms with Crippen LogP contribution in [-0.4, -0.2) is 0 Å². The molecular formula is NaO2Y. The van der Waals surface area contributed by atoms with Crippen LogP contribution in [0.1, 0.15) is 0 Å². The van der Waals surface area contributed by atoms with Gasteiger partial charge in [-0.1, -0.05) is 0 Å². The first-order chi connectivity index (χ1) is 0. The topological polar surface area (TPSA) is 57.0 Å². The predicted octanol–water partition coefficient (Wildman–Crippen LogP) is -3.24. The van der Waals surface area contributed by atoms with Crippen molar-refractivity contribution in [2.24, 2.45) is 0 Å². The third-order valence-electron chi connectivity index (χ3n) is 0. The minimum Gasteiger partial charge on any atom is -2.00 e. The molecule has 0 amide bonds. The van der Waals surface area contributed by atoms with Gasteiger partial charge in [0, 0.05) is 0 Å². The van der Waals surface area contributed by atoms with Crippen molar-refractivity contribution in [3.05, 3.63) is 0 Å². The van der Waals surface area contributed by atoms with Crippen molar-refractivity contribution in [2.45, 2.75) is 0 Å². The fraction of sp³-hybridized carbons (Fsp3) is 0. The van der Waals surface area contributed by atoms with E-state index in [0.29, 0.717) is 0 Å². The molecule has 0 saturated heterocycles. The van der Waals surface area contributed by atoms with Crippen LogP contribution in [0.3, 0.4) is 0 Å². The Morgan fingerprint density at radius 2 is 0.750 bits per heavy atom. The molecule has 4 heavy (non-hydrogen) atoms. The van der Waals surface area contributed by atoms with E-state index in [2.05, 4.69) is 0 Å². The summed E-state index contributed by atoms with van der Waals surface area (Å²) >= 11 is 0. The average Bonchev–Trinajstić information content (AvgIpc) is 0. The number of hydrogen-bond donors (Lipinski definition) is 0. The van der Waals surface area contributed by atoms with Crippen molar-refractivity contribution in [2.75, 3.05) is 0 Å². The van der Waals surface area contributed by atoms with Crippen LogP contribution in [-0.2, 0) is 43.7 Å². The van der Waals surface area contributed by atoms with Crippen LogP contribution in [0, 0.1) is 0 Å². The monoisotopic (exact) mass is 144 g/mol. The second-order valence-corrected chi connectivity index (χ2v) is 0. The van der Waals surface area contributed by atoms with Gasteiger partial charge >= 0.3 is 62.3 Å². The van der Waals surface area contributed by atoms with E-state index in [-0.39, 0.29) is 73.2 Å². The summed E-state index contributed by atoms with van der Waals surface area (Å²) < 4.78 is 0. The van der Waals surface area contributed by atoms with Gasteiger partial charge in [-0.05, 0) is 0 Å². The molecule has 0 bridgehead atoms. The van der Waals surface area contributed by atoms with Gasteiger partial charge < -0.3 is 11.0 Å².